The lowest BCUT2D eigenvalue weighted by molar-refractivity contribution is 0.271. The van der Waals surface area contributed by atoms with Crippen LogP contribution in [0.5, 0.6) is 0 Å². The highest BCUT2D eigenvalue weighted by Gasteiger charge is 2.66. The van der Waals surface area contributed by atoms with E-state index >= 15 is 0 Å². The number of rotatable bonds is 5. The molecule has 122 valence electrons. The van der Waals surface area contributed by atoms with E-state index in [2.05, 4.69) is 28.3 Å². The van der Waals surface area contributed by atoms with Crippen molar-refractivity contribution in [2.75, 3.05) is 19.6 Å². The van der Waals surface area contributed by atoms with Gasteiger partial charge in [0.05, 0.1) is 6.20 Å². The molecule has 2 N–H and O–H groups in total. The number of nitrogens with zero attached hydrogens (tertiary/aromatic N) is 3. The van der Waals surface area contributed by atoms with Crippen LogP contribution in [0.4, 0.5) is 8.78 Å². The Balaban J connectivity index is 1.91. The summed E-state index contributed by atoms with van der Waals surface area (Å²) in [5.74, 6) is -0.504. The summed E-state index contributed by atoms with van der Waals surface area (Å²) in [5.41, 5.74) is 5.91. The quantitative estimate of drug-likeness (QED) is 0.847. The molecule has 4 nitrogen and oxygen atoms in total. The van der Waals surface area contributed by atoms with E-state index in [1.807, 2.05) is 0 Å². The van der Waals surface area contributed by atoms with Gasteiger partial charge >= 0.3 is 0 Å². The second-order valence-electron chi connectivity index (χ2n) is 6.12. The summed E-state index contributed by atoms with van der Waals surface area (Å²) in [6.45, 7) is 8.73. The second-order valence-corrected chi connectivity index (χ2v) is 6.12. The van der Waals surface area contributed by atoms with Crippen LogP contribution in [-0.4, -0.2) is 38.0 Å². The van der Waals surface area contributed by atoms with Crippen molar-refractivity contribution in [2.24, 2.45) is 27.6 Å². The van der Waals surface area contributed by atoms with Gasteiger partial charge in [-0.05, 0) is 43.3 Å². The molecular formula is C17H20F2N4. The molecule has 1 aliphatic carbocycles. The summed E-state index contributed by atoms with van der Waals surface area (Å²) < 4.78 is 27.9. The Morgan fingerprint density at radius 2 is 2.17 bits per heavy atom. The average molecular weight is 318 g/mol. The van der Waals surface area contributed by atoms with Gasteiger partial charge in [0.2, 0.25) is 0 Å². The highest BCUT2D eigenvalue weighted by atomic mass is 19.2. The van der Waals surface area contributed by atoms with E-state index in [1.165, 1.54) is 0 Å². The van der Waals surface area contributed by atoms with Crippen molar-refractivity contribution < 1.29 is 8.78 Å². The maximum Gasteiger partial charge on any atom is 0.162 e. The number of halogens is 2. The Hall–Kier alpha value is -2.08. The van der Waals surface area contributed by atoms with E-state index in [1.54, 1.807) is 18.3 Å². The highest BCUT2D eigenvalue weighted by molar-refractivity contribution is 5.40. The molecule has 0 aromatic heterocycles. The Labute approximate surface area is 134 Å². The van der Waals surface area contributed by atoms with E-state index in [0.29, 0.717) is 24.5 Å². The fourth-order valence-electron chi connectivity index (χ4n) is 4.16. The molecule has 1 heterocycles. The predicted octanol–water partition coefficient (Wildman–Crippen LogP) is 2.31. The molecule has 0 bridgehead atoms. The van der Waals surface area contributed by atoms with Crippen molar-refractivity contribution in [2.45, 2.75) is 11.8 Å². The maximum atomic E-state index is 14.3. The molecule has 1 saturated carbocycles. The molecule has 1 aromatic rings. The van der Waals surface area contributed by atoms with Crippen LogP contribution < -0.4 is 5.73 Å². The van der Waals surface area contributed by atoms with E-state index in [0.717, 1.165) is 19.0 Å². The van der Waals surface area contributed by atoms with Crippen molar-refractivity contribution in [3.63, 3.8) is 0 Å². The molecule has 2 aliphatic rings. The summed E-state index contributed by atoms with van der Waals surface area (Å²) in [4.78, 5) is 9.76. The number of hydrogen-bond donors (Lipinski definition) is 1. The first kappa shape index (κ1) is 15.8. The molecule has 3 rings (SSSR count). The third kappa shape index (κ3) is 2.28. The summed E-state index contributed by atoms with van der Waals surface area (Å²) in [6, 6.07) is 4.34. The predicted molar refractivity (Wildman–Crippen MR) is 87.4 cm³/mol. The lowest BCUT2D eigenvalue weighted by atomic mass is 9.90. The van der Waals surface area contributed by atoms with E-state index < -0.39 is 17.0 Å². The molecule has 0 radical (unpaired) electrons. The minimum Gasteiger partial charge on any atom is -0.355 e. The lowest BCUT2D eigenvalue weighted by Crippen LogP contribution is -2.31. The highest BCUT2D eigenvalue weighted by Crippen LogP contribution is 2.63. The first-order valence-corrected chi connectivity index (χ1v) is 7.62. The van der Waals surface area contributed by atoms with Gasteiger partial charge in [0.25, 0.3) is 0 Å². The monoisotopic (exact) mass is 318 g/mol. The van der Waals surface area contributed by atoms with Gasteiger partial charge in [0.15, 0.2) is 11.6 Å². The number of likely N-dealkylation sites (tertiary alicyclic amines) is 1. The van der Waals surface area contributed by atoms with Crippen LogP contribution in [0, 0.1) is 23.5 Å². The van der Waals surface area contributed by atoms with Crippen LogP contribution in [0.25, 0.3) is 0 Å². The maximum absolute atomic E-state index is 14.3. The molecule has 1 aromatic carbocycles. The van der Waals surface area contributed by atoms with Crippen molar-refractivity contribution >= 4 is 13.4 Å². The van der Waals surface area contributed by atoms with E-state index in [4.69, 9.17) is 5.73 Å². The Morgan fingerprint density at radius 1 is 1.39 bits per heavy atom. The average Bonchev–Trinajstić information content (AvgIpc) is 3.23. The number of piperidine rings is 1. The summed E-state index contributed by atoms with van der Waals surface area (Å²) >= 11 is 0. The molecule has 2 unspecified atom stereocenters. The van der Waals surface area contributed by atoms with Crippen LogP contribution >= 0.6 is 0 Å². The van der Waals surface area contributed by atoms with E-state index in [-0.39, 0.29) is 11.8 Å². The summed E-state index contributed by atoms with van der Waals surface area (Å²) in [7, 11) is 0. The number of fused-ring (bicyclic) bond motifs is 1. The summed E-state index contributed by atoms with van der Waals surface area (Å²) in [6.07, 6.45) is 2.41. The molecule has 3 atom stereocenters. The molecule has 1 saturated heterocycles. The molecule has 2 fully saturated rings. The number of nitrogens with two attached hydrogens (primary N) is 1. The van der Waals surface area contributed by atoms with Crippen LogP contribution in [0.15, 0.2) is 40.2 Å². The van der Waals surface area contributed by atoms with Crippen molar-refractivity contribution in [3.05, 3.63) is 47.4 Å². The first-order valence-electron chi connectivity index (χ1n) is 7.62. The summed E-state index contributed by atoms with van der Waals surface area (Å²) in [5, 5.41) is 0. The zero-order chi connectivity index (χ0) is 16.6. The smallest absolute Gasteiger partial charge is 0.162 e. The second kappa shape index (κ2) is 5.85. The topological polar surface area (TPSA) is 54.0 Å². The molecule has 0 amide bonds. The molecule has 1 aliphatic heterocycles. The number of benzene rings is 1. The largest absolute Gasteiger partial charge is 0.355 e. The fraction of sp³-hybridized carbons (Fsp3) is 0.412. The Kier molecular flexibility index (Phi) is 4.02. The zero-order valence-corrected chi connectivity index (χ0v) is 12.9. The molecule has 23 heavy (non-hydrogen) atoms. The van der Waals surface area contributed by atoms with Crippen molar-refractivity contribution in [3.8, 4) is 0 Å². The first-order chi connectivity index (χ1) is 11.1. The third-order valence-electron chi connectivity index (χ3n) is 5.31. The minimum atomic E-state index is -0.819. The number of aliphatic imine (C=N–C) groups is 2. The van der Waals surface area contributed by atoms with Gasteiger partial charge in [0.1, 0.15) is 5.82 Å². The lowest BCUT2D eigenvalue weighted by Gasteiger charge is -2.27. The zero-order valence-electron chi connectivity index (χ0n) is 12.9. The van der Waals surface area contributed by atoms with E-state index in [9.17, 15) is 8.78 Å². The minimum absolute atomic E-state index is 0.174. The normalized spacial score (nSPS) is 29.9. The van der Waals surface area contributed by atoms with Gasteiger partial charge in [-0.15, -0.1) is 0 Å². The van der Waals surface area contributed by atoms with Crippen LogP contribution in [0.2, 0.25) is 0 Å². The van der Waals surface area contributed by atoms with Gasteiger partial charge in [-0.1, -0.05) is 12.1 Å². The van der Waals surface area contributed by atoms with Crippen LogP contribution in [-0.2, 0) is 5.41 Å². The Morgan fingerprint density at radius 3 is 2.83 bits per heavy atom. The Bertz CT molecular complexity index is 673. The van der Waals surface area contributed by atoms with Crippen LogP contribution in [0.1, 0.15) is 12.0 Å². The van der Waals surface area contributed by atoms with Gasteiger partial charge in [0, 0.05) is 25.0 Å². The standard InChI is InChI=1S/C17H20F2N4/c1-21-8-15(22-2)23-7-6-11-13(9-23)17(11,10-20)12-4-3-5-14(18)16(12)19/h3-5,8,11,13H,1-2,6-7,9-10,20H2/b15-8+/t11?,13?,17-/m1/s1. The number of hydrogen-bond acceptors (Lipinski definition) is 4. The van der Waals surface area contributed by atoms with Gasteiger partial charge in [-0.3, -0.25) is 4.99 Å². The van der Waals surface area contributed by atoms with Gasteiger partial charge in [-0.2, -0.15) is 0 Å². The molecule has 6 heteroatoms. The van der Waals surface area contributed by atoms with Gasteiger partial charge < -0.3 is 10.6 Å². The third-order valence-corrected chi connectivity index (χ3v) is 5.31. The molecule has 0 spiro atoms. The fourth-order valence-corrected chi connectivity index (χ4v) is 4.16. The van der Waals surface area contributed by atoms with Crippen molar-refractivity contribution in [1.82, 2.24) is 4.90 Å². The van der Waals surface area contributed by atoms with Gasteiger partial charge in [-0.25, -0.2) is 13.8 Å². The van der Waals surface area contributed by atoms with Crippen LogP contribution in [0.3, 0.4) is 0 Å². The SMILES string of the molecule is C=N/C=C(\N=C)N1CCC2C(C1)[C@@]2(CN)c1cccc(F)c1F. The van der Waals surface area contributed by atoms with Crippen molar-refractivity contribution in [1.29, 1.82) is 0 Å². The molecular weight excluding hydrogens is 298 g/mol.